The molecule has 0 saturated carbocycles. The molecular weight excluding hydrogens is 362 g/mol. The topological polar surface area (TPSA) is 12.0 Å². The fourth-order valence-corrected chi connectivity index (χ4v) is 5.29. The molecule has 0 unspecified atom stereocenters. The van der Waals surface area contributed by atoms with Crippen LogP contribution < -0.4 is 5.32 Å². The van der Waals surface area contributed by atoms with Gasteiger partial charge in [-0.3, -0.25) is 0 Å². The van der Waals surface area contributed by atoms with Gasteiger partial charge in [-0.1, -0.05) is 60.7 Å². The van der Waals surface area contributed by atoms with E-state index in [0.29, 0.717) is 0 Å². The van der Waals surface area contributed by atoms with Crippen molar-refractivity contribution in [2.24, 2.45) is 0 Å². The van der Waals surface area contributed by atoms with Gasteiger partial charge in [-0.2, -0.15) is 0 Å². The number of hydrogen-bond acceptors (Lipinski definition) is 1. The van der Waals surface area contributed by atoms with E-state index in [1.807, 2.05) is 0 Å². The van der Waals surface area contributed by atoms with Gasteiger partial charge in [0.25, 0.3) is 0 Å². The van der Waals surface area contributed by atoms with Gasteiger partial charge in [0, 0.05) is 11.4 Å². The highest BCUT2D eigenvalue weighted by molar-refractivity contribution is 6.25. The number of nitrogens with one attached hydrogen (secondary N) is 1. The number of fused-ring (bicyclic) bond motifs is 7. The molecule has 5 aromatic rings. The van der Waals surface area contributed by atoms with E-state index in [1.54, 1.807) is 11.1 Å². The van der Waals surface area contributed by atoms with E-state index in [4.69, 9.17) is 0 Å². The summed E-state index contributed by atoms with van der Waals surface area (Å²) in [5.74, 6) is 0. The minimum atomic E-state index is 1.15. The number of rotatable bonds is 2. The van der Waals surface area contributed by atoms with E-state index >= 15 is 0 Å². The number of anilines is 2. The third-order valence-electron chi connectivity index (χ3n) is 6.84. The maximum Gasteiger partial charge on any atom is 0.0416 e. The summed E-state index contributed by atoms with van der Waals surface area (Å²) >= 11 is 0. The van der Waals surface area contributed by atoms with Gasteiger partial charge in [0.05, 0.1) is 0 Å². The average molecular weight is 388 g/mol. The lowest BCUT2D eigenvalue weighted by atomic mass is 9.88. The molecule has 0 atom stereocenters. The molecule has 6 rings (SSSR count). The Bertz CT molecular complexity index is 1390. The smallest absolute Gasteiger partial charge is 0.0416 e. The van der Waals surface area contributed by atoms with Gasteiger partial charge in [0.15, 0.2) is 0 Å². The maximum absolute atomic E-state index is 3.73. The second-order valence-corrected chi connectivity index (χ2v) is 8.56. The number of benzene rings is 5. The van der Waals surface area contributed by atoms with Crippen LogP contribution in [-0.2, 0) is 12.8 Å². The Morgan fingerprint density at radius 1 is 0.600 bits per heavy atom. The standard InChI is InChI=1S/C29H25N/c1-19-22-9-3-2-8-20(22)14-17-29(19)30-21-15-16-27-25-12-5-4-10-23(25)24-11-6-7-13-26(24)28(27)18-21/h4-7,10-18,30H,2-3,8-9H2,1H3. The minimum absolute atomic E-state index is 1.15. The van der Waals surface area contributed by atoms with Gasteiger partial charge >= 0.3 is 0 Å². The lowest BCUT2D eigenvalue weighted by molar-refractivity contribution is 0.682. The third-order valence-corrected chi connectivity index (χ3v) is 6.84. The second kappa shape index (κ2) is 6.88. The molecule has 0 heterocycles. The predicted octanol–water partition coefficient (Wildman–Crippen LogP) is 8.08. The summed E-state index contributed by atoms with van der Waals surface area (Å²) in [5.41, 5.74) is 6.90. The third kappa shape index (κ3) is 2.69. The van der Waals surface area contributed by atoms with E-state index < -0.39 is 0 Å². The average Bonchev–Trinajstić information content (AvgIpc) is 2.81. The van der Waals surface area contributed by atoms with Crippen molar-refractivity contribution in [2.75, 3.05) is 5.32 Å². The molecule has 0 aliphatic heterocycles. The normalized spacial score (nSPS) is 13.6. The maximum atomic E-state index is 3.73. The lowest BCUT2D eigenvalue weighted by Crippen LogP contribution is -2.06. The SMILES string of the molecule is Cc1c(Nc2ccc3c4ccccc4c4ccccc4c3c2)ccc2c1CCCC2. The van der Waals surface area contributed by atoms with Crippen molar-refractivity contribution in [1.82, 2.24) is 0 Å². The zero-order valence-corrected chi connectivity index (χ0v) is 17.3. The van der Waals surface area contributed by atoms with Crippen LogP contribution in [0.1, 0.15) is 29.5 Å². The van der Waals surface area contributed by atoms with Crippen LogP contribution in [0.15, 0.2) is 78.9 Å². The van der Waals surface area contributed by atoms with Crippen molar-refractivity contribution < 1.29 is 0 Å². The first-order valence-corrected chi connectivity index (χ1v) is 11.0. The first kappa shape index (κ1) is 17.5. The Morgan fingerprint density at radius 2 is 1.20 bits per heavy atom. The molecule has 1 N–H and O–H groups in total. The summed E-state index contributed by atoms with van der Waals surface area (Å²) in [4.78, 5) is 0. The molecule has 0 saturated heterocycles. The van der Waals surface area contributed by atoms with Crippen LogP contribution in [0.4, 0.5) is 11.4 Å². The minimum Gasteiger partial charge on any atom is -0.355 e. The highest BCUT2D eigenvalue weighted by Crippen LogP contribution is 2.37. The molecule has 0 aromatic heterocycles. The monoisotopic (exact) mass is 387 g/mol. The molecule has 0 amide bonds. The lowest BCUT2D eigenvalue weighted by Gasteiger charge is -2.21. The highest BCUT2D eigenvalue weighted by atomic mass is 14.9. The van der Waals surface area contributed by atoms with Crippen molar-refractivity contribution in [3.8, 4) is 0 Å². The molecular formula is C29H25N. The molecule has 0 spiro atoms. The summed E-state index contributed by atoms with van der Waals surface area (Å²) in [6, 6.07) is 28.9. The van der Waals surface area contributed by atoms with E-state index in [1.165, 1.54) is 69.3 Å². The van der Waals surface area contributed by atoms with Crippen LogP contribution in [-0.4, -0.2) is 0 Å². The molecule has 1 heteroatoms. The molecule has 1 nitrogen and oxygen atoms in total. The molecule has 5 aromatic carbocycles. The second-order valence-electron chi connectivity index (χ2n) is 8.56. The Balaban J connectivity index is 1.53. The summed E-state index contributed by atoms with van der Waals surface area (Å²) in [6.45, 7) is 2.27. The quantitative estimate of drug-likeness (QED) is 0.302. The van der Waals surface area contributed by atoms with Gasteiger partial charge < -0.3 is 5.32 Å². The van der Waals surface area contributed by atoms with Crippen LogP contribution in [0.3, 0.4) is 0 Å². The van der Waals surface area contributed by atoms with E-state index in [-0.39, 0.29) is 0 Å². The number of aryl methyl sites for hydroxylation is 1. The molecule has 0 radical (unpaired) electrons. The van der Waals surface area contributed by atoms with Gasteiger partial charge in [0.2, 0.25) is 0 Å². The van der Waals surface area contributed by atoms with Crippen molar-refractivity contribution in [1.29, 1.82) is 0 Å². The van der Waals surface area contributed by atoms with Crippen molar-refractivity contribution in [2.45, 2.75) is 32.6 Å². The summed E-state index contributed by atoms with van der Waals surface area (Å²) in [7, 11) is 0. The van der Waals surface area contributed by atoms with Gasteiger partial charge in [0.1, 0.15) is 0 Å². The summed E-state index contributed by atoms with van der Waals surface area (Å²) in [6.07, 6.45) is 5.08. The Hall–Kier alpha value is -3.32. The van der Waals surface area contributed by atoms with Crippen LogP contribution in [0.25, 0.3) is 32.3 Å². The van der Waals surface area contributed by atoms with Crippen molar-refractivity contribution in [3.63, 3.8) is 0 Å². The summed E-state index contributed by atoms with van der Waals surface area (Å²) < 4.78 is 0. The first-order valence-electron chi connectivity index (χ1n) is 11.0. The van der Waals surface area contributed by atoms with Crippen LogP contribution in [0.2, 0.25) is 0 Å². The Morgan fingerprint density at radius 3 is 1.90 bits per heavy atom. The van der Waals surface area contributed by atoms with Crippen LogP contribution >= 0.6 is 0 Å². The Kier molecular flexibility index (Phi) is 4.02. The van der Waals surface area contributed by atoms with Gasteiger partial charge in [-0.05, 0) is 99.8 Å². The molecule has 30 heavy (non-hydrogen) atoms. The van der Waals surface area contributed by atoms with E-state index in [9.17, 15) is 0 Å². The fraction of sp³-hybridized carbons (Fsp3) is 0.172. The van der Waals surface area contributed by atoms with Crippen molar-refractivity contribution in [3.05, 3.63) is 95.6 Å². The largest absolute Gasteiger partial charge is 0.355 e. The zero-order valence-electron chi connectivity index (χ0n) is 17.3. The van der Waals surface area contributed by atoms with Gasteiger partial charge in [-0.25, -0.2) is 0 Å². The van der Waals surface area contributed by atoms with Gasteiger partial charge in [-0.15, -0.1) is 0 Å². The molecule has 1 aliphatic carbocycles. The molecule has 0 bridgehead atoms. The zero-order chi connectivity index (χ0) is 20.1. The Labute approximate surface area is 177 Å². The van der Waals surface area contributed by atoms with Crippen molar-refractivity contribution >= 4 is 43.7 Å². The molecule has 0 fully saturated rings. The first-order chi connectivity index (χ1) is 14.8. The number of hydrogen-bond donors (Lipinski definition) is 1. The summed E-state index contributed by atoms with van der Waals surface area (Å²) in [5, 5.41) is 11.6. The van der Waals surface area contributed by atoms with Crippen LogP contribution in [0.5, 0.6) is 0 Å². The van der Waals surface area contributed by atoms with E-state index in [2.05, 4.69) is 91.1 Å². The molecule has 1 aliphatic rings. The van der Waals surface area contributed by atoms with E-state index in [0.717, 1.165) is 5.69 Å². The highest BCUT2D eigenvalue weighted by Gasteiger charge is 2.14. The van der Waals surface area contributed by atoms with Crippen LogP contribution in [0, 0.1) is 6.92 Å². The fourth-order valence-electron chi connectivity index (χ4n) is 5.29. The predicted molar refractivity (Wildman–Crippen MR) is 130 cm³/mol. The molecule has 146 valence electrons.